The first kappa shape index (κ1) is 19.1. The lowest BCUT2D eigenvalue weighted by Crippen LogP contribution is -2.48. The lowest BCUT2D eigenvalue weighted by molar-refractivity contribution is -0.137. The summed E-state index contributed by atoms with van der Waals surface area (Å²) >= 11 is 0. The van der Waals surface area contributed by atoms with Crippen LogP contribution in [0.25, 0.3) is 0 Å². The first-order valence-corrected chi connectivity index (χ1v) is 11.9. The second kappa shape index (κ2) is 8.23. The number of Topliss-reactive ketones (excluding diaryl/α,β-unsaturated/α-hetero) is 1. The van der Waals surface area contributed by atoms with Gasteiger partial charge in [0.25, 0.3) is 0 Å². The molecule has 4 nitrogen and oxygen atoms in total. The molecule has 0 unspecified atom stereocenters. The average Bonchev–Trinajstić information content (AvgIpc) is 2.88. The van der Waals surface area contributed by atoms with Crippen LogP contribution in [0.5, 0.6) is 0 Å². The topological polar surface area (TPSA) is 44.8 Å². The monoisotopic (exact) mass is 342 g/mol. The third-order valence-corrected chi connectivity index (χ3v) is 11.0. The second-order valence-corrected chi connectivity index (χ2v) is 12.0. The van der Waals surface area contributed by atoms with E-state index in [1.165, 1.54) is 0 Å². The highest BCUT2D eigenvalue weighted by Crippen LogP contribution is 2.50. The fraction of sp³-hybridized carbons (Fsp3) is 0.944. The Bertz CT molecular complexity index is 378. The van der Waals surface area contributed by atoms with E-state index in [-0.39, 0.29) is 17.6 Å². The van der Waals surface area contributed by atoms with E-state index >= 15 is 0 Å². The van der Waals surface area contributed by atoms with E-state index in [2.05, 4.69) is 20.8 Å². The predicted molar refractivity (Wildman–Crippen MR) is 94.0 cm³/mol. The summed E-state index contributed by atoms with van der Waals surface area (Å²) in [7, 11) is -0.0116. The zero-order valence-electron chi connectivity index (χ0n) is 15.4. The standard InChI is InChI=1S/C18H34O4Si/c1-5-23(6-2,7-3)22-17-9-8-16(19)18(17)12-10-15(11-13-18)21-14-20-4/h15,17H,5-14H2,1-4H3/t15?,17-,18?/m0/s1. The van der Waals surface area contributed by atoms with Crippen molar-refractivity contribution in [1.82, 2.24) is 0 Å². The highest BCUT2D eigenvalue weighted by molar-refractivity contribution is 6.73. The fourth-order valence-corrected chi connectivity index (χ4v) is 7.43. The molecule has 2 aliphatic rings. The van der Waals surface area contributed by atoms with Gasteiger partial charge < -0.3 is 13.9 Å². The number of carbonyl (C=O) groups excluding carboxylic acids is 1. The Hall–Kier alpha value is -0.233. The SMILES string of the molecule is CC[Si](CC)(CC)O[C@H]1CCC(=O)C12CCC(OCOC)CC2. The molecule has 0 heterocycles. The summed E-state index contributed by atoms with van der Waals surface area (Å²) in [5.74, 6) is 0.443. The van der Waals surface area contributed by atoms with E-state index in [4.69, 9.17) is 13.9 Å². The largest absolute Gasteiger partial charge is 0.413 e. The normalized spacial score (nSPS) is 31.9. The van der Waals surface area contributed by atoms with Crippen LogP contribution in [0.15, 0.2) is 0 Å². The molecule has 1 atom stereocenters. The Labute approximate surface area is 142 Å². The van der Waals surface area contributed by atoms with E-state index in [0.29, 0.717) is 19.0 Å². The van der Waals surface area contributed by atoms with Crippen molar-refractivity contribution < 1.29 is 18.7 Å². The molecule has 5 heteroatoms. The van der Waals surface area contributed by atoms with E-state index < -0.39 is 8.32 Å². The summed E-state index contributed by atoms with van der Waals surface area (Å²) in [4.78, 5) is 12.7. The maximum absolute atomic E-state index is 12.7. The van der Waals surface area contributed by atoms with Crippen molar-refractivity contribution in [2.45, 2.75) is 89.6 Å². The van der Waals surface area contributed by atoms with Crippen LogP contribution in [0.4, 0.5) is 0 Å². The van der Waals surface area contributed by atoms with Gasteiger partial charge in [-0.15, -0.1) is 0 Å². The molecule has 2 rings (SSSR count). The smallest absolute Gasteiger partial charge is 0.192 e. The Balaban J connectivity index is 2.05. The Kier molecular flexibility index (Phi) is 6.84. The number of carbonyl (C=O) groups is 1. The highest BCUT2D eigenvalue weighted by Gasteiger charge is 2.53. The van der Waals surface area contributed by atoms with Crippen molar-refractivity contribution in [1.29, 1.82) is 0 Å². The molecule has 0 bridgehead atoms. The highest BCUT2D eigenvalue weighted by atomic mass is 28.4. The summed E-state index contributed by atoms with van der Waals surface area (Å²) in [5.41, 5.74) is -0.218. The number of methoxy groups -OCH3 is 1. The minimum atomic E-state index is -1.66. The molecule has 134 valence electrons. The van der Waals surface area contributed by atoms with Gasteiger partial charge in [0.1, 0.15) is 12.6 Å². The Morgan fingerprint density at radius 3 is 2.22 bits per heavy atom. The van der Waals surface area contributed by atoms with Crippen LogP contribution in [0, 0.1) is 5.41 Å². The van der Waals surface area contributed by atoms with E-state index in [9.17, 15) is 4.79 Å². The summed E-state index contributed by atoms with van der Waals surface area (Å²) in [6.45, 7) is 7.14. The maximum atomic E-state index is 12.7. The van der Waals surface area contributed by atoms with E-state index in [1.807, 2.05) is 0 Å². The number of ether oxygens (including phenoxy) is 2. The van der Waals surface area contributed by atoms with Crippen molar-refractivity contribution >= 4 is 14.1 Å². The molecule has 0 aromatic carbocycles. The van der Waals surface area contributed by atoms with Gasteiger partial charge in [-0.05, 0) is 50.2 Å². The Morgan fingerprint density at radius 1 is 1.09 bits per heavy atom. The van der Waals surface area contributed by atoms with Gasteiger partial charge in [0, 0.05) is 13.5 Å². The molecule has 0 aliphatic heterocycles. The maximum Gasteiger partial charge on any atom is 0.192 e. The van der Waals surface area contributed by atoms with Gasteiger partial charge >= 0.3 is 0 Å². The fourth-order valence-electron chi connectivity index (χ4n) is 4.48. The Morgan fingerprint density at radius 2 is 1.70 bits per heavy atom. The molecule has 0 amide bonds. The molecule has 0 aromatic heterocycles. The van der Waals surface area contributed by atoms with Gasteiger partial charge in [-0.1, -0.05) is 20.8 Å². The second-order valence-electron chi connectivity index (χ2n) is 7.24. The van der Waals surface area contributed by atoms with Crippen molar-refractivity contribution in [3.8, 4) is 0 Å². The van der Waals surface area contributed by atoms with Crippen LogP contribution < -0.4 is 0 Å². The van der Waals surface area contributed by atoms with Crippen LogP contribution >= 0.6 is 0 Å². The molecule has 1 spiro atoms. The van der Waals surface area contributed by atoms with E-state index in [0.717, 1.165) is 50.2 Å². The zero-order valence-corrected chi connectivity index (χ0v) is 16.4. The third-order valence-electron chi connectivity index (χ3n) is 6.38. The minimum Gasteiger partial charge on any atom is -0.413 e. The zero-order chi connectivity index (χ0) is 16.9. The minimum absolute atomic E-state index is 0.157. The van der Waals surface area contributed by atoms with Crippen molar-refractivity contribution in [2.24, 2.45) is 5.41 Å². The van der Waals surface area contributed by atoms with Crippen LogP contribution in [-0.2, 0) is 18.7 Å². The number of hydrogen-bond donors (Lipinski definition) is 0. The third kappa shape index (κ3) is 3.89. The van der Waals surface area contributed by atoms with Gasteiger partial charge in [0.15, 0.2) is 8.32 Å². The first-order chi connectivity index (χ1) is 11.1. The molecule has 0 aromatic rings. The predicted octanol–water partition coefficient (Wildman–Crippen LogP) is 4.29. The molecular formula is C18H34O4Si. The summed E-state index contributed by atoms with van der Waals surface area (Å²) < 4.78 is 17.5. The summed E-state index contributed by atoms with van der Waals surface area (Å²) in [6, 6.07) is 3.46. The lowest BCUT2D eigenvalue weighted by Gasteiger charge is -2.43. The number of hydrogen-bond acceptors (Lipinski definition) is 4. The van der Waals surface area contributed by atoms with Crippen LogP contribution in [0.1, 0.15) is 59.3 Å². The summed E-state index contributed by atoms with van der Waals surface area (Å²) in [6.07, 6.45) is 5.78. The first-order valence-electron chi connectivity index (χ1n) is 9.37. The molecular weight excluding hydrogens is 308 g/mol. The molecule has 0 radical (unpaired) electrons. The van der Waals surface area contributed by atoms with Gasteiger partial charge in [0.2, 0.25) is 0 Å². The van der Waals surface area contributed by atoms with Crippen molar-refractivity contribution in [2.75, 3.05) is 13.9 Å². The molecule has 0 saturated heterocycles. The molecule has 2 saturated carbocycles. The molecule has 2 aliphatic carbocycles. The van der Waals surface area contributed by atoms with Crippen LogP contribution in [0.3, 0.4) is 0 Å². The van der Waals surface area contributed by atoms with Gasteiger partial charge in [-0.25, -0.2) is 0 Å². The van der Waals surface area contributed by atoms with Crippen molar-refractivity contribution in [3.05, 3.63) is 0 Å². The average molecular weight is 343 g/mol. The van der Waals surface area contributed by atoms with E-state index in [1.54, 1.807) is 7.11 Å². The van der Waals surface area contributed by atoms with Crippen LogP contribution in [0.2, 0.25) is 18.1 Å². The van der Waals surface area contributed by atoms with Crippen LogP contribution in [-0.4, -0.2) is 40.2 Å². The lowest BCUT2D eigenvalue weighted by atomic mass is 9.70. The molecule has 0 N–H and O–H groups in total. The quantitative estimate of drug-likeness (QED) is 0.487. The molecule has 23 heavy (non-hydrogen) atoms. The van der Waals surface area contributed by atoms with Gasteiger partial charge in [-0.3, -0.25) is 4.79 Å². The van der Waals surface area contributed by atoms with Gasteiger partial charge in [0.05, 0.1) is 17.6 Å². The van der Waals surface area contributed by atoms with Gasteiger partial charge in [-0.2, -0.15) is 0 Å². The van der Waals surface area contributed by atoms with Crippen molar-refractivity contribution in [3.63, 3.8) is 0 Å². The number of ketones is 1. The summed E-state index contributed by atoms with van der Waals surface area (Å²) in [5, 5.41) is 0. The number of rotatable bonds is 8. The molecule has 2 fully saturated rings.